The van der Waals surface area contributed by atoms with Crippen molar-refractivity contribution in [3.05, 3.63) is 35.6 Å². The molecule has 0 bridgehead atoms. The Morgan fingerprint density at radius 3 is 2.33 bits per heavy atom. The highest BCUT2D eigenvalue weighted by Crippen LogP contribution is 1.99. The molecule has 1 aromatic rings. The van der Waals surface area contributed by atoms with Crippen LogP contribution in [0, 0.1) is 12.7 Å². The zero-order chi connectivity index (χ0) is 5.98. The fraction of sp³-hybridized carbons (Fsp3) is 0.250. The van der Waals surface area contributed by atoms with Crippen LogP contribution in [0.5, 0.6) is 0 Å². The van der Waals surface area contributed by atoms with Gasteiger partial charge in [0.1, 0.15) is 5.82 Å². The predicted molar refractivity (Wildman–Crippen MR) is 37.9 cm³/mol. The molecule has 0 saturated heterocycles. The van der Waals surface area contributed by atoms with Crippen molar-refractivity contribution in [3.8, 4) is 0 Å². The van der Waals surface area contributed by atoms with Crippen LogP contribution < -0.4 is 0 Å². The second-order valence-corrected chi connectivity index (χ2v) is 1.80. The summed E-state index contributed by atoms with van der Waals surface area (Å²) < 4.78 is 12.2. The largest absolute Gasteiger partial charge is 0.207 e. The minimum atomic E-state index is -0.162. The number of rotatable bonds is 0. The first kappa shape index (κ1) is 8.15. The Balaban J connectivity index is 0.000000640. The van der Waals surface area contributed by atoms with Crippen LogP contribution in [0.3, 0.4) is 0 Å². The summed E-state index contributed by atoms with van der Waals surface area (Å²) in [5.41, 5.74) is 0.963. The minimum absolute atomic E-state index is 0. The molecule has 0 amide bonds. The normalized spacial score (nSPS) is 8.22. The molecule has 0 N–H and O–H groups in total. The van der Waals surface area contributed by atoms with Crippen molar-refractivity contribution in [2.75, 3.05) is 0 Å². The Morgan fingerprint density at radius 2 is 2.00 bits per heavy atom. The third-order valence-corrected chi connectivity index (χ3v) is 0.980. The van der Waals surface area contributed by atoms with E-state index < -0.39 is 0 Å². The maximum atomic E-state index is 12.2. The van der Waals surface area contributed by atoms with Crippen LogP contribution in [-0.4, -0.2) is 0 Å². The first-order chi connectivity index (χ1) is 3.79. The van der Waals surface area contributed by atoms with Crippen LogP contribution in [0.15, 0.2) is 24.3 Å². The van der Waals surface area contributed by atoms with E-state index in [1.165, 1.54) is 12.1 Å². The Bertz CT molecular complexity index is 164. The van der Waals surface area contributed by atoms with Crippen LogP contribution in [0.25, 0.3) is 0 Å². The summed E-state index contributed by atoms with van der Waals surface area (Å²) >= 11 is 0. The zero-order valence-electron chi connectivity index (χ0n) is 4.69. The standard InChI is InChI=1S/C7H7F.CH4/c1-6-3-2-4-7(8)5-6;/h2-5H,1H3;1H4. The van der Waals surface area contributed by atoms with Gasteiger partial charge in [-0.2, -0.15) is 0 Å². The molecule has 0 radical (unpaired) electrons. The molecular weight excluding hydrogens is 115 g/mol. The van der Waals surface area contributed by atoms with Gasteiger partial charge in [-0.3, -0.25) is 0 Å². The van der Waals surface area contributed by atoms with Crippen LogP contribution in [0.2, 0.25) is 0 Å². The van der Waals surface area contributed by atoms with E-state index in [0.29, 0.717) is 0 Å². The highest BCUT2D eigenvalue weighted by atomic mass is 19.1. The van der Waals surface area contributed by atoms with Gasteiger partial charge in [0, 0.05) is 0 Å². The highest BCUT2D eigenvalue weighted by molar-refractivity contribution is 5.13. The van der Waals surface area contributed by atoms with Crippen molar-refractivity contribution in [1.29, 1.82) is 0 Å². The van der Waals surface area contributed by atoms with Crippen LogP contribution >= 0.6 is 0 Å². The molecule has 0 unspecified atom stereocenters. The van der Waals surface area contributed by atoms with Gasteiger partial charge in [-0.05, 0) is 24.6 Å². The molecule has 1 aromatic carbocycles. The molecule has 0 aliphatic rings. The Morgan fingerprint density at radius 1 is 1.33 bits per heavy atom. The highest BCUT2D eigenvalue weighted by Gasteiger charge is 1.84. The van der Waals surface area contributed by atoms with Crippen molar-refractivity contribution in [1.82, 2.24) is 0 Å². The molecule has 0 aliphatic carbocycles. The second kappa shape index (κ2) is 3.23. The summed E-state index contributed by atoms with van der Waals surface area (Å²) in [5.74, 6) is -0.162. The topological polar surface area (TPSA) is 0 Å². The number of hydrogen-bond donors (Lipinski definition) is 0. The van der Waals surface area contributed by atoms with Crippen molar-refractivity contribution < 1.29 is 4.39 Å². The van der Waals surface area contributed by atoms with E-state index in [1.807, 2.05) is 13.0 Å². The van der Waals surface area contributed by atoms with Gasteiger partial charge in [-0.25, -0.2) is 4.39 Å². The van der Waals surface area contributed by atoms with Crippen LogP contribution in [-0.2, 0) is 0 Å². The van der Waals surface area contributed by atoms with Gasteiger partial charge in [-0.15, -0.1) is 0 Å². The van der Waals surface area contributed by atoms with Crippen molar-refractivity contribution in [2.24, 2.45) is 0 Å². The van der Waals surface area contributed by atoms with Gasteiger partial charge in [0.15, 0.2) is 0 Å². The average molecular weight is 126 g/mol. The van der Waals surface area contributed by atoms with Gasteiger partial charge in [0.05, 0.1) is 0 Å². The number of aryl methyl sites for hydroxylation is 1. The molecule has 0 saturated carbocycles. The molecule has 0 aliphatic heterocycles. The molecule has 9 heavy (non-hydrogen) atoms. The van der Waals surface area contributed by atoms with Gasteiger partial charge in [-0.1, -0.05) is 19.6 Å². The van der Waals surface area contributed by atoms with E-state index in [4.69, 9.17) is 0 Å². The predicted octanol–water partition coefficient (Wildman–Crippen LogP) is 2.77. The number of benzene rings is 1. The molecule has 0 fully saturated rings. The summed E-state index contributed by atoms with van der Waals surface area (Å²) in [7, 11) is 0. The molecule has 1 rings (SSSR count). The third-order valence-electron chi connectivity index (χ3n) is 0.980. The van der Waals surface area contributed by atoms with E-state index in [0.717, 1.165) is 5.56 Å². The van der Waals surface area contributed by atoms with Crippen molar-refractivity contribution >= 4 is 0 Å². The van der Waals surface area contributed by atoms with Gasteiger partial charge in [0.25, 0.3) is 0 Å². The first-order valence-corrected chi connectivity index (χ1v) is 2.51. The quantitative estimate of drug-likeness (QED) is 0.501. The molecule has 0 atom stereocenters. The summed E-state index contributed by atoms with van der Waals surface area (Å²) in [6.07, 6.45) is 0. The molecular formula is C8H11F. The maximum Gasteiger partial charge on any atom is 0.123 e. The zero-order valence-corrected chi connectivity index (χ0v) is 4.69. The number of halogens is 1. The summed E-state index contributed by atoms with van der Waals surface area (Å²) in [6, 6.07) is 6.50. The lowest BCUT2D eigenvalue weighted by Gasteiger charge is -1.87. The van der Waals surface area contributed by atoms with E-state index in [-0.39, 0.29) is 13.2 Å². The van der Waals surface area contributed by atoms with E-state index in [2.05, 4.69) is 0 Å². The lowest BCUT2D eigenvalue weighted by Crippen LogP contribution is -1.72. The lowest BCUT2D eigenvalue weighted by atomic mass is 10.2. The molecule has 0 nitrogen and oxygen atoms in total. The third kappa shape index (κ3) is 2.27. The molecule has 0 spiro atoms. The molecule has 0 heterocycles. The maximum absolute atomic E-state index is 12.2. The minimum Gasteiger partial charge on any atom is -0.207 e. The monoisotopic (exact) mass is 126 g/mol. The first-order valence-electron chi connectivity index (χ1n) is 2.51. The molecule has 0 aromatic heterocycles. The molecule has 50 valence electrons. The van der Waals surface area contributed by atoms with Crippen LogP contribution in [0.4, 0.5) is 4.39 Å². The fourth-order valence-corrected chi connectivity index (χ4v) is 0.606. The van der Waals surface area contributed by atoms with Gasteiger partial charge < -0.3 is 0 Å². The van der Waals surface area contributed by atoms with E-state index in [9.17, 15) is 4.39 Å². The smallest absolute Gasteiger partial charge is 0.123 e. The number of hydrogen-bond acceptors (Lipinski definition) is 0. The van der Waals surface area contributed by atoms with Crippen molar-refractivity contribution in [3.63, 3.8) is 0 Å². The summed E-state index contributed by atoms with van der Waals surface area (Å²) in [5, 5.41) is 0. The average Bonchev–Trinajstić information content (AvgIpc) is 1.64. The fourth-order valence-electron chi connectivity index (χ4n) is 0.606. The van der Waals surface area contributed by atoms with E-state index >= 15 is 0 Å². The second-order valence-electron chi connectivity index (χ2n) is 1.80. The summed E-state index contributed by atoms with van der Waals surface area (Å²) in [4.78, 5) is 0. The summed E-state index contributed by atoms with van der Waals surface area (Å²) in [6.45, 7) is 1.86. The lowest BCUT2D eigenvalue weighted by molar-refractivity contribution is 0.626. The Hall–Kier alpha value is -0.850. The molecule has 1 heteroatoms. The Labute approximate surface area is 55.3 Å². The van der Waals surface area contributed by atoms with Gasteiger partial charge >= 0.3 is 0 Å². The SMILES string of the molecule is C.Cc1cccc(F)c1. The van der Waals surface area contributed by atoms with Gasteiger partial charge in [0.2, 0.25) is 0 Å². The van der Waals surface area contributed by atoms with Crippen LogP contribution in [0.1, 0.15) is 13.0 Å². The Kier molecular flexibility index (Phi) is 2.93. The van der Waals surface area contributed by atoms with E-state index in [1.54, 1.807) is 6.07 Å². The van der Waals surface area contributed by atoms with Crippen molar-refractivity contribution in [2.45, 2.75) is 14.4 Å².